The van der Waals surface area contributed by atoms with Gasteiger partial charge in [-0.05, 0) is 44.2 Å². The van der Waals surface area contributed by atoms with Crippen molar-refractivity contribution in [1.29, 1.82) is 0 Å². The van der Waals surface area contributed by atoms with E-state index in [1.54, 1.807) is 0 Å². The first-order valence-corrected chi connectivity index (χ1v) is 7.48. The van der Waals surface area contributed by atoms with E-state index in [2.05, 4.69) is 38.2 Å². The topological polar surface area (TPSA) is 55.1 Å². The number of amides is 1. The molecule has 20 heavy (non-hydrogen) atoms. The summed E-state index contributed by atoms with van der Waals surface area (Å²) in [5, 5.41) is 3.07. The summed E-state index contributed by atoms with van der Waals surface area (Å²) in [4.78, 5) is 12.1. The highest BCUT2D eigenvalue weighted by Gasteiger charge is 2.16. The van der Waals surface area contributed by atoms with Gasteiger partial charge in [0.25, 0.3) is 0 Å². The van der Waals surface area contributed by atoms with E-state index in [9.17, 15) is 4.79 Å². The molecule has 0 spiro atoms. The minimum Gasteiger partial charge on any atom is -0.350 e. The molecule has 112 valence electrons. The van der Waals surface area contributed by atoms with E-state index >= 15 is 0 Å². The lowest BCUT2D eigenvalue weighted by atomic mass is 9.94. The summed E-state index contributed by atoms with van der Waals surface area (Å²) >= 11 is 0. The Morgan fingerprint density at radius 1 is 1.30 bits per heavy atom. The molecule has 0 aliphatic carbocycles. The second kappa shape index (κ2) is 8.05. The van der Waals surface area contributed by atoms with Crippen LogP contribution >= 0.6 is 0 Å². The van der Waals surface area contributed by atoms with Crippen LogP contribution in [0.5, 0.6) is 0 Å². The number of rotatable bonds is 7. The molecule has 3 nitrogen and oxygen atoms in total. The van der Waals surface area contributed by atoms with Gasteiger partial charge in [0.2, 0.25) is 5.91 Å². The summed E-state index contributed by atoms with van der Waals surface area (Å²) in [5.41, 5.74) is 8.11. The third kappa shape index (κ3) is 5.74. The zero-order chi connectivity index (χ0) is 15.1. The molecule has 0 heterocycles. The van der Waals surface area contributed by atoms with Crippen molar-refractivity contribution in [2.24, 2.45) is 17.6 Å². The summed E-state index contributed by atoms with van der Waals surface area (Å²) in [6.07, 6.45) is 1.52. The Labute approximate surface area is 122 Å². The van der Waals surface area contributed by atoms with Gasteiger partial charge in [-0.3, -0.25) is 4.79 Å². The zero-order valence-electron chi connectivity index (χ0n) is 13.1. The Hall–Kier alpha value is -1.35. The van der Waals surface area contributed by atoms with Gasteiger partial charge >= 0.3 is 0 Å². The van der Waals surface area contributed by atoms with Crippen LogP contribution < -0.4 is 11.1 Å². The van der Waals surface area contributed by atoms with E-state index in [-0.39, 0.29) is 17.9 Å². The molecule has 0 fully saturated rings. The highest BCUT2D eigenvalue weighted by Crippen LogP contribution is 2.17. The Balaban J connectivity index is 2.53. The molecule has 0 aliphatic rings. The largest absolute Gasteiger partial charge is 0.350 e. The van der Waals surface area contributed by atoms with Crippen molar-refractivity contribution in [3.05, 3.63) is 35.4 Å². The summed E-state index contributed by atoms with van der Waals surface area (Å²) in [5.74, 6) is 0.945. The van der Waals surface area contributed by atoms with Crippen LogP contribution in [-0.4, -0.2) is 12.5 Å². The average Bonchev–Trinajstić information content (AvgIpc) is 2.37. The molecule has 0 unspecified atom stereocenters. The number of aryl methyl sites for hydroxylation is 1. The lowest BCUT2D eigenvalue weighted by Crippen LogP contribution is -2.30. The number of benzene rings is 1. The Kier molecular flexibility index (Phi) is 6.73. The van der Waals surface area contributed by atoms with Gasteiger partial charge in [0.05, 0.1) is 6.04 Å². The molecule has 1 aromatic carbocycles. The third-order valence-electron chi connectivity index (χ3n) is 3.53. The number of carbonyl (C=O) groups is 1. The fraction of sp³-hybridized carbons (Fsp3) is 0.588. The normalized spacial score (nSPS) is 14.1. The molecule has 0 saturated heterocycles. The van der Waals surface area contributed by atoms with Gasteiger partial charge in [0, 0.05) is 6.42 Å². The van der Waals surface area contributed by atoms with Crippen LogP contribution in [0.1, 0.15) is 50.8 Å². The SMILES string of the molecule is Cc1cccc([C@@H](C)NC(=O)C[C@@H](CN)CC(C)C)c1. The molecule has 3 N–H and O–H groups in total. The van der Waals surface area contributed by atoms with E-state index in [4.69, 9.17) is 5.73 Å². The molecule has 0 aliphatic heterocycles. The maximum absolute atomic E-state index is 12.1. The van der Waals surface area contributed by atoms with Gasteiger partial charge < -0.3 is 11.1 Å². The monoisotopic (exact) mass is 276 g/mol. The standard InChI is InChI=1S/C17H28N2O/c1-12(2)8-15(11-18)10-17(20)19-14(4)16-7-5-6-13(3)9-16/h5-7,9,12,14-15H,8,10-11,18H2,1-4H3,(H,19,20)/t14-,15+/m1/s1. The van der Waals surface area contributed by atoms with E-state index in [0.29, 0.717) is 18.9 Å². The van der Waals surface area contributed by atoms with Crippen molar-refractivity contribution in [3.8, 4) is 0 Å². The van der Waals surface area contributed by atoms with Gasteiger partial charge in [-0.25, -0.2) is 0 Å². The van der Waals surface area contributed by atoms with Crippen LogP contribution in [0.2, 0.25) is 0 Å². The maximum atomic E-state index is 12.1. The molecule has 1 amide bonds. The summed E-state index contributed by atoms with van der Waals surface area (Å²) < 4.78 is 0. The highest BCUT2D eigenvalue weighted by atomic mass is 16.1. The van der Waals surface area contributed by atoms with E-state index in [1.165, 1.54) is 5.56 Å². The number of hydrogen-bond donors (Lipinski definition) is 2. The van der Waals surface area contributed by atoms with Crippen LogP contribution in [0.4, 0.5) is 0 Å². The number of hydrogen-bond acceptors (Lipinski definition) is 2. The van der Waals surface area contributed by atoms with E-state index < -0.39 is 0 Å². The summed E-state index contributed by atoms with van der Waals surface area (Å²) in [6, 6.07) is 8.28. The predicted octanol–water partition coefficient (Wildman–Crippen LogP) is 3.18. The molecule has 1 aromatic rings. The second-order valence-electron chi connectivity index (χ2n) is 6.14. The first-order valence-electron chi connectivity index (χ1n) is 7.48. The second-order valence-corrected chi connectivity index (χ2v) is 6.14. The van der Waals surface area contributed by atoms with Gasteiger partial charge in [-0.1, -0.05) is 43.7 Å². The summed E-state index contributed by atoms with van der Waals surface area (Å²) in [6.45, 7) is 8.98. The molecule has 0 saturated carbocycles. The Morgan fingerprint density at radius 2 is 2.00 bits per heavy atom. The van der Waals surface area contributed by atoms with Crippen LogP contribution in [-0.2, 0) is 4.79 Å². The first kappa shape index (κ1) is 16.7. The fourth-order valence-corrected chi connectivity index (χ4v) is 2.51. The van der Waals surface area contributed by atoms with Crippen LogP contribution in [0.3, 0.4) is 0 Å². The lowest BCUT2D eigenvalue weighted by Gasteiger charge is -2.19. The van der Waals surface area contributed by atoms with Gasteiger partial charge in [-0.2, -0.15) is 0 Å². The average molecular weight is 276 g/mol. The minimum atomic E-state index is 0.0416. The molecule has 0 radical (unpaired) electrons. The molecule has 0 aromatic heterocycles. The smallest absolute Gasteiger partial charge is 0.220 e. The maximum Gasteiger partial charge on any atom is 0.220 e. The molecule has 2 atom stereocenters. The van der Waals surface area contributed by atoms with Crippen molar-refractivity contribution in [2.45, 2.75) is 46.6 Å². The number of nitrogens with two attached hydrogens (primary N) is 1. The van der Waals surface area contributed by atoms with E-state index in [0.717, 1.165) is 12.0 Å². The van der Waals surface area contributed by atoms with Gasteiger partial charge in [0.1, 0.15) is 0 Å². The van der Waals surface area contributed by atoms with Crippen LogP contribution in [0.15, 0.2) is 24.3 Å². The quantitative estimate of drug-likeness (QED) is 0.803. The van der Waals surface area contributed by atoms with Crippen molar-refractivity contribution < 1.29 is 4.79 Å². The Bertz CT molecular complexity index is 429. The minimum absolute atomic E-state index is 0.0416. The van der Waals surface area contributed by atoms with Crippen LogP contribution in [0, 0.1) is 18.8 Å². The number of carbonyl (C=O) groups excluding carboxylic acids is 1. The molecule has 0 bridgehead atoms. The highest BCUT2D eigenvalue weighted by molar-refractivity contribution is 5.76. The summed E-state index contributed by atoms with van der Waals surface area (Å²) in [7, 11) is 0. The molecule has 1 rings (SSSR count). The van der Waals surface area contributed by atoms with E-state index in [1.807, 2.05) is 19.1 Å². The number of nitrogens with one attached hydrogen (secondary N) is 1. The van der Waals surface area contributed by atoms with Crippen LogP contribution in [0.25, 0.3) is 0 Å². The third-order valence-corrected chi connectivity index (χ3v) is 3.53. The van der Waals surface area contributed by atoms with Crippen molar-refractivity contribution in [1.82, 2.24) is 5.32 Å². The van der Waals surface area contributed by atoms with Gasteiger partial charge in [0.15, 0.2) is 0 Å². The van der Waals surface area contributed by atoms with Crippen molar-refractivity contribution in [2.75, 3.05) is 6.54 Å². The van der Waals surface area contributed by atoms with Crippen molar-refractivity contribution in [3.63, 3.8) is 0 Å². The molecular weight excluding hydrogens is 248 g/mol. The molecule has 3 heteroatoms. The zero-order valence-corrected chi connectivity index (χ0v) is 13.1. The van der Waals surface area contributed by atoms with Crippen molar-refractivity contribution >= 4 is 5.91 Å². The lowest BCUT2D eigenvalue weighted by molar-refractivity contribution is -0.122. The van der Waals surface area contributed by atoms with Gasteiger partial charge in [-0.15, -0.1) is 0 Å². The fourth-order valence-electron chi connectivity index (χ4n) is 2.51. The Morgan fingerprint density at radius 3 is 2.55 bits per heavy atom. The molecular formula is C17H28N2O. The first-order chi connectivity index (χ1) is 9.42. The predicted molar refractivity (Wildman–Crippen MR) is 84.4 cm³/mol.